The van der Waals surface area contributed by atoms with Gasteiger partial charge in [0.2, 0.25) is 11.8 Å². The number of benzene rings is 2. The number of aromatic amines is 1. The van der Waals surface area contributed by atoms with Crippen LogP contribution >= 0.6 is 0 Å². The highest BCUT2D eigenvalue weighted by Gasteiger charge is 2.27. The second-order valence-electron chi connectivity index (χ2n) is 7.06. The molecule has 0 saturated carbocycles. The number of imidazole rings is 1. The number of amidine groups is 1. The lowest BCUT2D eigenvalue weighted by Gasteiger charge is -2.22. The van der Waals surface area contributed by atoms with E-state index in [2.05, 4.69) is 20.6 Å². The van der Waals surface area contributed by atoms with Gasteiger partial charge in [0.05, 0.1) is 6.33 Å². The molecule has 0 unspecified atom stereocenters. The standard InChI is InChI=1S/C22H23N7O3/c23-19(24)14-7-4-8-15(9-14)21(31)29-18(13-5-2-1-3-6-13)22(32)28-17(20(25)30)10-16-11-26-12-27-16/h1-9,11-12,17-18H,10H2,(H3,23,24)(H2,25,30)(H,26,27)(H,28,32)(H,29,31)/t17-,18-/m1/s1. The van der Waals surface area contributed by atoms with Crippen LogP contribution in [0.1, 0.15) is 33.2 Å². The smallest absolute Gasteiger partial charge is 0.252 e. The topological polar surface area (TPSA) is 180 Å². The number of nitrogens with two attached hydrogens (primary N) is 2. The second-order valence-corrected chi connectivity index (χ2v) is 7.06. The van der Waals surface area contributed by atoms with Gasteiger partial charge >= 0.3 is 0 Å². The fourth-order valence-corrected chi connectivity index (χ4v) is 3.08. The molecule has 3 rings (SSSR count). The number of hydrogen-bond acceptors (Lipinski definition) is 5. The second kappa shape index (κ2) is 10.0. The minimum absolute atomic E-state index is 0.122. The van der Waals surface area contributed by atoms with Crippen molar-refractivity contribution in [3.8, 4) is 0 Å². The summed E-state index contributed by atoms with van der Waals surface area (Å²) >= 11 is 0. The molecule has 0 radical (unpaired) electrons. The molecule has 10 nitrogen and oxygen atoms in total. The van der Waals surface area contributed by atoms with Gasteiger partial charge in [-0.1, -0.05) is 42.5 Å². The van der Waals surface area contributed by atoms with Crippen molar-refractivity contribution in [3.63, 3.8) is 0 Å². The van der Waals surface area contributed by atoms with E-state index in [0.29, 0.717) is 16.8 Å². The maximum Gasteiger partial charge on any atom is 0.252 e. The SMILES string of the molecule is N=C(N)c1cccc(C(=O)N[C@@H](C(=O)N[C@H](Cc2cnc[nH]2)C(N)=O)c2ccccc2)c1. The molecule has 2 aromatic carbocycles. The van der Waals surface area contributed by atoms with Crippen LogP contribution in [0.4, 0.5) is 0 Å². The van der Waals surface area contributed by atoms with Crippen LogP contribution < -0.4 is 22.1 Å². The maximum atomic E-state index is 13.1. The summed E-state index contributed by atoms with van der Waals surface area (Å²) in [5.41, 5.74) is 12.7. The summed E-state index contributed by atoms with van der Waals surface area (Å²) in [7, 11) is 0. The summed E-state index contributed by atoms with van der Waals surface area (Å²) in [5.74, 6) is -2.04. The highest BCUT2D eigenvalue weighted by molar-refractivity contribution is 6.01. The largest absolute Gasteiger partial charge is 0.384 e. The van der Waals surface area contributed by atoms with Crippen molar-refractivity contribution in [3.05, 3.63) is 89.5 Å². The summed E-state index contributed by atoms with van der Waals surface area (Å²) in [6.45, 7) is 0. The molecule has 3 amide bonds. The van der Waals surface area contributed by atoms with Crippen LogP contribution in [0.25, 0.3) is 0 Å². The quantitative estimate of drug-likeness (QED) is 0.210. The molecular formula is C22H23N7O3. The van der Waals surface area contributed by atoms with E-state index in [1.807, 2.05) is 0 Å². The number of carbonyl (C=O) groups excluding carboxylic acids is 3. The number of nitrogen functional groups attached to an aromatic ring is 1. The number of nitrogens with zero attached hydrogens (tertiary/aromatic N) is 1. The molecule has 0 aliphatic carbocycles. The zero-order chi connectivity index (χ0) is 23.1. The first kappa shape index (κ1) is 22.2. The Balaban J connectivity index is 1.83. The van der Waals surface area contributed by atoms with E-state index in [1.54, 1.807) is 48.5 Å². The lowest BCUT2D eigenvalue weighted by Crippen LogP contribution is -2.50. The molecular weight excluding hydrogens is 410 g/mol. The molecule has 164 valence electrons. The van der Waals surface area contributed by atoms with Crippen LogP contribution in [0, 0.1) is 5.41 Å². The molecule has 0 aliphatic rings. The lowest BCUT2D eigenvalue weighted by atomic mass is 10.0. The van der Waals surface area contributed by atoms with Crippen molar-refractivity contribution >= 4 is 23.6 Å². The summed E-state index contributed by atoms with van der Waals surface area (Å²) in [6.07, 6.45) is 3.11. The van der Waals surface area contributed by atoms with E-state index in [0.717, 1.165) is 0 Å². The molecule has 0 saturated heterocycles. The third-order valence-corrected chi connectivity index (χ3v) is 4.75. The minimum atomic E-state index is -1.09. The van der Waals surface area contributed by atoms with Gasteiger partial charge in [-0.2, -0.15) is 0 Å². The first-order chi connectivity index (χ1) is 15.3. The number of aromatic nitrogens is 2. The van der Waals surface area contributed by atoms with Crippen molar-refractivity contribution in [1.29, 1.82) is 5.41 Å². The van der Waals surface area contributed by atoms with E-state index in [-0.39, 0.29) is 17.8 Å². The van der Waals surface area contributed by atoms with Gasteiger partial charge in [-0.25, -0.2) is 4.98 Å². The lowest BCUT2D eigenvalue weighted by molar-refractivity contribution is -0.128. The third kappa shape index (κ3) is 5.57. The first-order valence-electron chi connectivity index (χ1n) is 9.72. The normalized spacial score (nSPS) is 12.4. The summed E-state index contributed by atoms with van der Waals surface area (Å²) < 4.78 is 0. The summed E-state index contributed by atoms with van der Waals surface area (Å²) in [5, 5.41) is 12.8. The number of H-pyrrole nitrogens is 1. The Labute approximate surface area is 183 Å². The van der Waals surface area contributed by atoms with Crippen LogP contribution in [0.2, 0.25) is 0 Å². The monoisotopic (exact) mass is 433 g/mol. The molecule has 0 fully saturated rings. The molecule has 0 bridgehead atoms. The van der Waals surface area contributed by atoms with E-state index in [4.69, 9.17) is 16.9 Å². The average Bonchev–Trinajstić information content (AvgIpc) is 3.30. The fourth-order valence-electron chi connectivity index (χ4n) is 3.08. The Hall–Kier alpha value is -4.47. The molecule has 1 aromatic heterocycles. The summed E-state index contributed by atoms with van der Waals surface area (Å²) in [4.78, 5) is 44.7. The van der Waals surface area contributed by atoms with Crippen LogP contribution in [-0.4, -0.2) is 39.6 Å². The number of nitrogens with one attached hydrogen (secondary N) is 4. The number of hydrogen-bond donors (Lipinski definition) is 6. The molecule has 0 aliphatic heterocycles. The van der Waals surface area contributed by atoms with Crippen molar-refractivity contribution < 1.29 is 14.4 Å². The van der Waals surface area contributed by atoms with Crippen molar-refractivity contribution in [2.24, 2.45) is 11.5 Å². The minimum Gasteiger partial charge on any atom is -0.384 e. The van der Waals surface area contributed by atoms with Gasteiger partial charge in [0, 0.05) is 29.4 Å². The van der Waals surface area contributed by atoms with Crippen molar-refractivity contribution in [2.45, 2.75) is 18.5 Å². The molecule has 10 heteroatoms. The van der Waals surface area contributed by atoms with Crippen LogP contribution in [-0.2, 0) is 16.0 Å². The van der Waals surface area contributed by atoms with E-state index in [1.165, 1.54) is 18.6 Å². The molecule has 0 spiro atoms. The van der Waals surface area contributed by atoms with E-state index < -0.39 is 29.8 Å². The zero-order valence-corrected chi connectivity index (χ0v) is 17.0. The Bertz CT molecular complexity index is 1110. The number of carbonyl (C=O) groups is 3. The zero-order valence-electron chi connectivity index (χ0n) is 17.0. The predicted octanol–water partition coefficient (Wildman–Crippen LogP) is 0.378. The molecule has 8 N–H and O–H groups in total. The van der Waals surface area contributed by atoms with Gasteiger partial charge in [-0.3, -0.25) is 19.8 Å². The highest BCUT2D eigenvalue weighted by atomic mass is 16.2. The number of rotatable bonds is 9. The Morgan fingerprint density at radius 2 is 1.72 bits per heavy atom. The van der Waals surface area contributed by atoms with Gasteiger partial charge in [-0.05, 0) is 17.7 Å². The number of amides is 3. The van der Waals surface area contributed by atoms with Crippen LogP contribution in [0.15, 0.2) is 67.1 Å². The highest BCUT2D eigenvalue weighted by Crippen LogP contribution is 2.15. The third-order valence-electron chi connectivity index (χ3n) is 4.75. The van der Waals surface area contributed by atoms with E-state index in [9.17, 15) is 14.4 Å². The molecule has 3 aromatic rings. The Kier molecular flexibility index (Phi) is 6.96. The first-order valence-corrected chi connectivity index (χ1v) is 9.72. The van der Waals surface area contributed by atoms with Crippen LogP contribution in [0.3, 0.4) is 0 Å². The van der Waals surface area contributed by atoms with Gasteiger partial charge in [0.1, 0.15) is 17.9 Å². The van der Waals surface area contributed by atoms with Gasteiger partial charge in [0.25, 0.3) is 5.91 Å². The van der Waals surface area contributed by atoms with Gasteiger partial charge in [0.15, 0.2) is 0 Å². The molecule has 2 atom stereocenters. The number of primary amides is 1. The van der Waals surface area contributed by atoms with Crippen LogP contribution in [0.5, 0.6) is 0 Å². The van der Waals surface area contributed by atoms with E-state index >= 15 is 0 Å². The van der Waals surface area contributed by atoms with Gasteiger partial charge < -0.3 is 27.1 Å². The fraction of sp³-hybridized carbons (Fsp3) is 0.136. The maximum absolute atomic E-state index is 13.1. The Morgan fingerprint density at radius 1 is 1.00 bits per heavy atom. The predicted molar refractivity (Wildman–Crippen MR) is 118 cm³/mol. The Morgan fingerprint density at radius 3 is 2.34 bits per heavy atom. The molecule has 32 heavy (non-hydrogen) atoms. The molecule has 1 heterocycles. The van der Waals surface area contributed by atoms with Gasteiger partial charge in [-0.15, -0.1) is 0 Å². The van der Waals surface area contributed by atoms with Crippen molar-refractivity contribution in [2.75, 3.05) is 0 Å². The van der Waals surface area contributed by atoms with Crippen molar-refractivity contribution in [1.82, 2.24) is 20.6 Å². The average molecular weight is 433 g/mol. The summed E-state index contributed by atoms with van der Waals surface area (Å²) in [6, 6.07) is 12.7.